The molecule has 1 saturated heterocycles. The zero-order chi connectivity index (χ0) is 18.8. The van der Waals surface area contributed by atoms with Crippen LogP contribution in [0.4, 0.5) is 0 Å². The summed E-state index contributed by atoms with van der Waals surface area (Å²) in [5.74, 6) is 0.564. The van der Waals surface area contributed by atoms with Gasteiger partial charge in [0, 0.05) is 38.4 Å². The third kappa shape index (κ3) is 3.62. The van der Waals surface area contributed by atoms with Gasteiger partial charge < -0.3 is 14.3 Å². The van der Waals surface area contributed by atoms with Crippen LogP contribution in [0.15, 0.2) is 16.8 Å². The molecule has 0 aliphatic carbocycles. The van der Waals surface area contributed by atoms with E-state index in [2.05, 4.69) is 15.4 Å². The number of likely N-dealkylation sites (N-methyl/N-ethyl adjacent to an activating group) is 2. The van der Waals surface area contributed by atoms with E-state index in [1.54, 1.807) is 16.8 Å². The predicted molar refractivity (Wildman–Crippen MR) is 93.4 cm³/mol. The van der Waals surface area contributed by atoms with Gasteiger partial charge in [-0.1, -0.05) is 5.16 Å². The Hall–Kier alpha value is -2.68. The van der Waals surface area contributed by atoms with Gasteiger partial charge >= 0.3 is 0 Å². The number of H-pyrrole nitrogens is 1. The van der Waals surface area contributed by atoms with Gasteiger partial charge in [0.2, 0.25) is 5.91 Å². The van der Waals surface area contributed by atoms with Crippen molar-refractivity contribution < 1.29 is 14.1 Å². The van der Waals surface area contributed by atoms with Crippen LogP contribution in [-0.2, 0) is 11.3 Å². The standard InChI is InChI=1S/C17H24N6O3/c1-11-7-13(20-26-11)9-22(4)17(25)15-10-23(6-5-21(15)3)16(24)14-8-18-19-12(14)2/h7-8,15H,5-6,9-10H2,1-4H3,(H,18,19)/t15-/m1/s1. The number of carbonyl (C=O) groups is 2. The fourth-order valence-electron chi connectivity index (χ4n) is 3.13. The van der Waals surface area contributed by atoms with Gasteiger partial charge in [0.05, 0.1) is 18.3 Å². The second-order valence-electron chi connectivity index (χ2n) is 6.78. The summed E-state index contributed by atoms with van der Waals surface area (Å²) in [7, 11) is 3.64. The summed E-state index contributed by atoms with van der Waals surface area (Å²) in [5.41, 5.74) is 1.99. The molecule has 1 fully saturated rings. The van der Waals surface area contributed by atoms with Gasteiger partial charge in [-0.05, 0) is 20.9 Å². The highest BCUT2D eigenvalue weighted by atomic mass is 16.5. The Morgan fingerprint density at radius 1 is 1.38 bits per heavy atom. The maximum Gasteiger partial charge on any atom is 0.257 e. The van der Waals surface area contributed by atoms with Crippen LogP contribution in [0.1, 0.15) is 27.5 Å². The van der Waals surface area contributed by atoms with Crippen molar-refractivity contribution in [3.05, 3.63) is 35.0 Å². The molecule has 0 bridgehead atoms. The molecule has 1 N–H and O–H groups in total. The molecule has 2 amide bonds. The molecule has 0 unspecified atom stereocenters. The van der Waals surface area contributed by atoms with Gasteiger partial charge in [0.25, 0.3) is 5.91 Å². The molecule has 3 heterocycles. The number of nitrogens with zero attached hydrogens (tertiary/aromatic N) is 5. The van der Waals surface area contributed by atoms with Crippen LogP contribution >= 0.6 is 0 Å². The van der Waals surface area contributed by atoms with E-state index in [0.717, 1.165) is 5.69 Å². The number of rotatable bonds is 4. The average Bonchev–Trinajstić information content (AvgIpc) is 3.22. The number of carbonyl (C=O) groups excluding carboxylic acids is 2. The number of aromatic nitrogens is 3. The molecule has 0 radical (unpaired) electrons. The molecule has 0 saturated carbocycles. The largest absolute Gasteiger partial charge is 0.361 e. The van der Waals surface area contributed by atoms with Crippen molar-refractivity contribution in [2.75, 3.05) is 33.7 Å². The summed E-state index contributed by atoms with van der Waals surface area (Å²) < 4.78 is 5.05. The van der Waals surface area contributed by atoms with Gasteiger partial charge in [-0.3, -0.25) is 19.6 Å². The number of hydrogen-bond acceptors (Lipinski definition) is 6. The van der Waals surface area contributed by atoms with Crippen LogP contribution < -0.4 is 0 Å². The molecule has 26 heavy (non-hydrogen) atoms. The zero-order valence-corrected chi connectivity index (χ0v) is 15.5. The van der Waals surface area contributed by atoms with Crippen molar-refractivity contribution >= 4 is 11.8 Å². The first-order valence-electron chi connectivity index (χ1n) is 8.53. The summed E-state index contributed by atoms with van der Waals surface area (Å²) in [6.45, 7) is 5.56. The second-order valence-corrected chi connectivity index (χ2v) is 6.78. The lowest BCUT2D eigenvalue weighted by atomic mass is 10.1. The summed E-state index contributed by atoms with van der Waals surface area (Å²) in [6.07, 6.45) is 1.53. The second kappa shape index (κ2) is 7.28. The van der Waals surface area contributed by atoms with E-state index in [0.29, 0.717) is 43.2 Å². The lowest BCUT2D eigenvalue weighted by Gasteiger charge is -2.39. The first-order valence-corrected chi connectivity index (χ1v) is 8.53. The maximum absolute atomic E-state index is 12.9. The third-order valence-corrected chi connectivity index (χ3v) is 4.73. The highest BCUT2D eigenvalue weighted by Crippen LogP contribution is 2.16. The lowest BCUT2D eigenvalue weighted by molar-refractivity contribution is -0.137. The molecule has 1 atom stereocenters. The van der Waals surface area contributed by atoms with Crippen LogP contribution in [0.5, 0.6) is 0 Å². The molecule has 140 valence electrons. The fraction of sp³-hybridized carbons (Fsp3) is 0.529. The summed E-state index contributed by atoms with van der Waals surface area (Å²) in [4.78, 5) is 31.0. The average molecular weight is 360 g/mol. The van der Waals surface area contributed by atoms with E-state index in [1.807, 2.05) is 31.9 Å². The van der Waals surface area contributed by atoms with Crippen molar-refractivity contribution in [1.29, 1.82) is 0 Å². The van der Waals surface area contributed by atoms with Crippen LogP contribution in [0, 0.1) is 13.8 Å². The van der Waals surface area contributed by atoms with Crippen molar-refractivity contribution in [3.8, 4) is 0 Å². The van der Waals surface area contributed by atoms with Crippen LogP contribution in [0.3, 0.4) is 0 Å². The minimum absolute atomic E-state index is 0.0467. The van der Waals surface area contributed by atoms with Gasteiger partial charge in [-0.15, -0.1) is 0 Å². The molecular formula is C17H24N6O3. The summed E-state index contributed by atoms with van der Waals surface area (Å²) in [5, 5.41) is 10.6. The molecule has 9 heteroatoms. The molecule has 2 aromatic rings. The van der Waals surface area contributed by atoms with E-state index in [1.165, 1.54) is 6.20 Å². The molecule has 1 aliphatic heterocycles. The first kappa shape index (κ1) is 18.1. The molecule has 1 aliphatic rings. The van der Waals surface area contributed by atoms with Gasteiger partial charge in [-0.2, -0.15) is 5.10 Å². The quantitative estimate of drug-likeness (QED) is 0.849. The Morgan fingerprint density at radius 3 is 2.77 bits per heavy atom. The van der Waals surface area contributed by atoms with Crippen LogP contribution in [-0.4, -0.2) is 81.6 Å². The molecule has 2 aromatic heterocycles. The molecule has 0 spiro atoms. The number of aryl methyl sites for hydroxylation is 2. The Morgan fingerprint density at radius 2 is 2.15 bits per heavy atom. The Balaban J connectivity index is 1.68. The highest BCUT2D eigenvalue weighted by Gasteiger charge is 2.34. The maximum atomic E-state index is 12.9. The fourth-order valence-corrected chi connectivity index (χ4v) is 3.13. The van der Waals surface area contributed by atoms with Gasteiger partial charge in [0.1, 0.15) is 17.5 Å². The van der Waals surface area contributed by atoms with Crippen molar-refractivity contribution in [3.63, 3.8) is 0 Å². The van der Waals surface area contributed by atoms with E-state index in [9.17, 15) is 9.59 Å². The number of piperazine rings is 1. The molecular weight excluding hydrogens is 336 g/mol. The van der Waals surface area contributed by atoms with E-state index < -0.39 is 6.04 Å². The number of nitrogens with one attached hydrogen (secondary N) is 1. The summed E-state index contributed by atoms with van der Waals surface area (Å²) >= 11 is 0. The minimum atomic E-state index is -0.391. The Bertz CT molecular complexity index is 798. The van der Waals surface area contributed by atoms with E-state index >= 15 is 0 Å². The summed E-state index contributed by atoms with van der Waals surface area (Å²) in [6, 6.07) is 1.42. The van der Waals surface area contributed by atoms with Gasteiger partial charge in [-0.25, -0.2) is 0 Å². The van der Waals surface area contributed by atoms with E-state index in [-0.39, 0.29) is 11.8 Å². The zero-order valence-electron chi connectivity index (χ0n) is 15.5. The SMILES string of the molecule is Cc1cc(CN(C)C(=O)[C@H]2CN(C(=O)c3cn[nH]c3C)CCN2C)no1. The van der Waals surface area contributed by atoms with Crippen molar-refractivity contribution in [2.24, 2.45) is 0 Å². The van der Waals surface area contributed by atoms with Crippen molar-refractivity contribution in [1.82, 2.24) is 30.1 Å². The van der Waals surface area contributed by atoms with Gasteiger partial charge in [0.15, 0.2) is 0 Å². The third-order valence-electron chi connectivity index (χ3n) is 4.73. The highest BCUT2D eigenvalue weighted by molar-refractivity contribution is 5.95. The van der Waals surface area contributed by atoms with E-state index in [4.69, 9.17) is 4.52 Å². The normalized spacial score (nSPS) is 18.2. The van der Waals surface area contributed by atoms with Crippen molar-refractivity contribution in [2.45, 2.75) is 26.4 Å². The monoisotopic (exact) mass is 360 g/mol. The lowest BCUT2D eigenvalue weighted by Crippen LogP contribution is -2.58. The minimum Gasteiger partial charge on any atom is -0.361 e. The van der Waals surface area contributed by atoms with Crippen LogP contribution in [0.25, 0.3) is 0 Å². The Labute approximate surface area is 151 Å². The molecule has 0 aromatic carbocycles. The molecule has 3 rings (SSSR count). The van der Waals surface area contributed by atoms with Crippen LogP contribution in [0.2, 0.25) is 0 Å². The smallest absolute Gasteiger partial charge is 0.257 e. The molecule has 9 nitrogen and oxygen atoms in total. The number of aromatic amines is 1. The predicted octanol–water partition coefficient (Wildman–Crippen LogP) is 0.429. The number of amides is 2. The first-order chi connectivity index (χ1) is 12.4. The topological polar surface area (TPSA) is 98.6 Å². The Kier molecular flexibility index (Phi) is 5.08. The number of hydrogen-bond donors (Lipinski definition) is 1.